The van der Waals surface area contributed by atoms with Gasteiger partial charge in [-0.25, -0.2) is 4.98 Å². The first-order chi connectivity index (χ1) is 12.0. The molecule has 0 aliphatic carbocycles. The largest absolute Gasteiger partial charge is 0.338 e. The van der Waals surface area contributed by atoms with E-state index in [1.807, 2.05) is 11.0 Å². The third-order valence-corrected chi connectivity index (χ3v) is 5.05. The Kier molecular flexibility index (Phi) is 6.77. The first-order valence-corrected chi connectivity index (χ1v) is 8.85. The molecule has 0 bridgehead atoms. The normalized spacial score (nSPS) is 20.0. The van der Waals surface area contributed by atoms with Crippen LogP contribution >= 0.6 is 11.6 Å². The average Bonchev–Trinajstić information content (AvgIpc) is 2.61. The number of hydrogen-bond donors (Lipinski definition) is 0. The number of nitriles is 1. The maximum Gasteiger partial charge on any atom is 0.254 e. The summed E-state index contributed by atoms with van der Waals surface area (Å²) >= 11 is 5.87. The van der Waals surface area contributed by atoms with Gasteiger partial charge in [0.15, 0.2) is 0 Å². The molecule has 1 aliphatic rings. The topological polar surface area (TPSA) is 77.3 Å². The summed E-state index contributed by atoms with van der Waals surface area (Å²) in [5.74, 6) is 0.456. The van der Waals surface area contributed by atoms with Gasteiger partial charge in [-0.15, -0.1) is 0 Å². The smallest absolute Gasteiger partial charge is 0.254 e. The van der Waals surface area contributed by atoms with Crippen molar-refractivity contribution < 1.29 is 9.59 Å². The number of halogens is 1. The van der Waals surface area contributed by atoms with E-state index in [4.69, 9.17) is 16.9 Å². The predicted molar refractivity (Wildman–Crippen MR) is 94.9 cm³/mol. The third kappa shape index (κ3) is 4.93. The lowest BCUT2D eigenvalue weighted by molar-refractivity contribution is -0.131. The van der Waals surface area contributed by atoms with Crippen molar-refractivity contribution in [1.82, 2.24) is 14.8 Å². The molecule has 2 rings (SSSR count). The van der Waals surface area contributed by atoms with Gasteiger partial charge in [0.1, 0.15) is 11.7 Å². The van der Waals surface area contributed by atoms with E-state index in [1.54, 1.807) is 19.2 Å². The van der Waals surface area contributed by atoms with E-state index in [-0.39, 0.29) is 30.2 Å². The number of carbonyl (C=O) groups is 2. The maximum absolute atomic E-state index is 12.7. The summed E-state index contributed by atoms with van der Waals surface area (Å²) in [5, 5.41) is 9.02. The van der Waals surface area contributed by atoms with Gasteiger partial charge in [0, 0.05) is 38.3 Å². The lowest BCUT2D eigenvalue weighted by Crippen LogP contribution is -2.45. The van der Waals surface area contributed by atoms with E-state index in [1.165, 1.54) is 11.1 Å². The molecule has 1 fully saturated rings. The highest BCUT2D eigenvalue weighted by molar-refractivity contribution is 6.29. The highest BCUT2D eigenvalue weighted by Gasteiger charge is 2.32. The summed E-state index contributed by atoms with van der Waals surface area (Å²) in [4.78, 5) is 32.1. The summed E-state index contributed by atoms with van der Waals surface area (Å²) in [6, 6.07) is 5.24. The molecule has 0 unspecified atom stereocenters. The molecule has 25 heavy (non-hydrogen) atoms. The molecule has 134 valence electrons. The zero-order chi connectivity index (χ0) is 18.4. The first-order valence-electron chi connectivity index (χ1n) is 8.48. The van der Waals surface area contributed by atoms with Crippen LogP contribution < -0.4 is 0 Å². The van der Waals surface area contributed by atoms with Crippen molar-refractivity contribution in [3.63, 3.8) is 0 Å². The van der Waals surface area contributed by atoms with Crippen LogP contribution in [-0.4, -0.2) is 53.3 Å². The highest BCUT2D eigenvalue weighted by Crippen LogP contribution is 2.30. The summed E-state index contributed by atoms with van der Waals surface area (Å²) in [7, 11) is 1.65. The number of rotatable bonds is 5. The van der Waals surface area contributed by atoms with Crippen LogP contribution in [0.5, 0.6) is 0 Å². The summed E-state index contributed by atoms with van der Waals surface area (Å²) < 4.78 is 0. The Balaban J connectivity index is 2.00. The quantitative estimate of drug-likeness (QED) is 0.595. The molecule has 2 amide bonds. The highest BCUT2D eigenvalue weighted by atomic mass is 35.5. The zero-order valence-corrected chi connectivity index (χ0v) is 15.4. The van der Waals surface area contributed by atoms with Crippen LogP contribution in [0.25, 0.3) is 0 Å². The predicted octanol–water partition coefficient (Wildman–Crippen LogP) is 2.60. The third-order valence-electron chi connectivity index (χ3n) is 4.85. The van der Waals surface area contributed by atoms with Crippen LogP contribution in [0.3, 0.4) is 0 Å². The first kappa shape index (κ1) is 19.2. The van der Waals surface area contributed by atoms with E-state index in [0.29, 0.717) is 30.2 Å². The Hall–Kier alpha value is -2.13. The van der Waals surface area contributed by atoms with Gasteiger partial charge in [-0.05, 0) is 30.4 Å². The van der Waals surface area contributed by atoms with Crippen molar-refractivity contribution in [3.8, 4) is 6.07 Å². The molecule has 1 saturated heterocycles. The average molecular weight is 363 g/mol. The molecule has 0 N–H and O–H groups in total. The lowest BCUT2D eigenvalue weighted by atomic mass is 9.81. The Labute approximate surface area is 153 Å². The number of amides is 2. The number of carbonyl (C=O) groups excluding carboxylic acids is 2. The Morgan fingerprint density at radius 3 is 2.88 bits per heavy atom. The molecule has 0 saturated carbocycles. The van der Waals surface area contributed by atoms with E-state index in [2.05, 4.69) is 11.9 Å². The van der Waals surface area contributed by atoms with Crippen LogP contribution in [0.15, 0.2) is 18.3 Å². The van der Waals surface area contributed by atoms with Gasteiger partial charge in [0.25, 0.3) is 5.91 Å². The van der Waals surface area contributed by atoms with Gasteiger partial charge in [-0.1, -0.05) is 24.9 Å². The molecular formula is C18H23ClN4O2. The second kappa shape index (κ2) is 8.82. The fourth-order valence-corrected chi connectivity index (χ4v) is 3.46. The summed E-state index contributed by atoms with van der Waals surface area (Å²) in [6.07, 6.45) is 3.65. The van der Waals surface area contributed by atoms with Crippen molar-refractivity contribution in [2.75, 3.05) is 26.7 Å². The minimum Gasteiger partial charge on any atom is -0.338 e. The summed E-state index contributed by atoms with van der Waals surface area (Å²) in [6.45, 7) is 3.44. The molecule has 0 radical (unpaired) electrons. The molecule has 6 nitrogen and oxygen atoms in total. The van der Waals surface area contributed by atoms with Crippen molar-refractivity contribution in [2.45, 2.75) is 26.2 Å². The van der Waals surface area contributed by atoms with Gasteiger partial charge in [-0.2, -0.15) is 5.26 Å². The standard InChI is InChI=1S/C18H23ClN4O2/c1-3-13-12-23(18(25)15-4-7-21-16(19)10-15)8-5-14(13)11-17(24)22(2)9-6-20/h4,7,10,13-14H,3,5,8-9,11-12H2,1-2H3/t13-,14-/m0/s1. The van der Waals surface area contributed by atoms with Crippen LogP contribution in [-0.2, 0) is 4.79 Å². The van der Waals surface area contributed by atoms with Crippen LogP contribution in [0, 0.1) is 23.2 Å². The molecule has 1 aromatic heterocycles. The van der Waals surface area contributed by atoms with Gasteiger partial charge < -0.3 is 9.80 Å². The molecule has 0 spiro atoms. The van der Waals surface area contributed by atoms with Gasteiger partial charge in [0.05, 0.1) is 6.07 Å². The fraction of sp³-hybridized carbons (Fsp3) is 0.556. The SMILES string of the molecule is CC[C@H]1CN(C(=O)c2ccnc(Cl)c2)CC[C@H]1CC(=O)N(C)CC#N. The molecule has 2 atom stereocenters. The minimum atomic E-state index is -0.0471. The molecule has 1 aromatic rings. The summed E-state index contributed by atoms with van der Waals surface area (Å²) in [5.41, 5.74) is 0.540. The second-order valence-corrected chi connectivity index (χ2v) is 6.83. The number of pyridine rings is 1. The molecular weight excluding hydrogens is 340 g/mol. The molecule has 0 aromatic carbocycles. The zero-order valence-electron chi connectivity index (χ0n) is 14.6. The van der Waals surface area contributed by atoms with Crippen molar-refractivity contribution in [2.24, 2.45) is 11.8 Å². The van der Waals surface area contributed by atoms with E-state index < -0.39 is 0 Å². The van der Waals surface area contributed by atoms with E-state index in [0.717, 1.165) is 12.8 Å². The molecule has 7 heteroatoms. The number of likely N-dealkylation sites (tertiary alicyclic amines) is 1. The lowest BCUT2D eigenvalue weighted by Gasteiger charge is -2.38. The van der Waals surface area contributed by atoms with Gasteiger partial charge in [-0.3, -0.25) is 9.59 Å². The number of aromatic nitrogens is 1. The molecule has 1 aliphatic heterocycles. The second-order valence-electron chi connectivity index (χ2n) is 6.45. The van der Waals surface area contributed by atoms with Crippen molar-refractivity contribution in [1.29, 1.82) is 5.26 Å². The van der Waals surface area contributed by atoms with Crippen LogP contribution in [0.2, 0.25) is 5.15 Å². The van der Waals surface area contributed by atoms with Crippen LogP contribution in [0.4, 0.5) is 0 Å². The minimum absolute atomic E-state index is 0.00862. The van der Waals surface area contributed by atoms with E-state index in [9.17, 15) is 9.59 Å². The number of hydrogen-bond acceptors (Lipinski definition) is 4. The van der Waals surface area contributed by atoms with Crippen molar-refractivity contribution in [3.05, 3.63) is 29.0 Å². The Morgan fingerprint density at radius 1 is 1.48 bits per heavy atom. The fourth-order valence-electron chi connectivity index (χ4n) is 3.29. The van der Waals surface area contributed by atoms with Crippen molar-refractivity contribution >= 4 is 23.4 Å². The van der Waals surface area contributed by atoms with Gasteiger partial charge in [0.2, 0.25) is 5.91 Å². The Bertz CT molecular complexity index is 673. The van der Waals surface area contributed by atoms with Crippen LogP contribution in [0.1, 0.15) is 36.5 Å². The number of nitrogens with zero attached hydrogens (tertiary/aromatic N) is 4. The van der Waals surface area contributed by atoms with Gasteiger partial charge >= 0.3 is 0 Å². The van der Waals surface area contributed by atoms with E-state index >= 15 is 0 Å². The maximum atomic E-state index is 12.7. The monoisotopic (exact) mass is 362 g/mol. The molecule has 2 heterocycles. The number of piperidine rings is 1. The Morgan fingerprint density at radius 2 is 2.24 bits per heavy atom.